The molecule has 0 aliphatic carbocycles. The van der Waals surface area contributed by atoms with Gasteiger partial charge in [-0.05, 0) is 38.5 Å². The summed E-state index contributed by atoms with van der Waals surface area (Å²) < 4.78 is 6.81. The Bertz CT molecular complexity index is 746. The number of rotatable bonds is 4. The molecule has 0 saturated carbocycles. The Kier molecular flexibility index (Phi) is 4.12. The second kappa shape index (κ2) is 5.83. The average molecular weight is 287 g/mol. The average Bonchev–Trinajstić information content (AvgIpc) is 2.38. The number of pyridine rings is 1. The summed E-state index contributed by atoms with van der Waals surface area (Å²) in [6, 6.07) is 8.37. The molecular weight excluding hydrogens is 270 g/mol. The highest BCUT2D eigenvalue weighted by Gasteiger charge is 2.16. The zero-order valence-corrected chi connectivity index (χ0v) is 12.2. The first-order valence-electron chi connectivity index (χ1n) is 6.65. The summed E-state index contributed by atoms with van der Waals surface area (Å²) in [6.45, 7) is 5.65. The second-order valence-electron chi connectivity index (χ2n) is 4.70. The number of hydrogen-bond donors (Lipinski definition) is 1. The SMILES string of the molecule is CCOc1cccc(-n2c(C)c(C(=O)O)c(C)cc2=O)c1. The zero-order valence-electron chi connectivity index (χ0n) is 12.2. The van der Waals surface area contributed by atoms with Crippen LogP contribution in [0.3, 0.4) is 0 Å². The van der Waals surface area contributed by atoms with Gasteiger partial charge in [0.25, 0.3) is 5.56 Å². The van der Waals surface area contributed by atoms with Crippen molar-refractivity contribution in [1.82, 2.24) is 4.57 Å². The molecule has 2 rings (SSSR count). The fourth-order valence-electron chi connectivity index (χ4n) is 2.41. The normalized spacial score (nSPS) is 10.4. The van der Waals surface area contributed by atoms with Crippen molar-refractivity contribution in [3.8, 4) is 11.4 Å². The quantitative estimate of drug-likeness (QED) is 0.938. The first-order chi connectivity index (χ1) is 9.95. The van der Waals surface area contributed by atoms with Gasteiger partial charge in [0.1, 0.15) is 5.75 Å². The molecule has 1 N–H and O–H groups in total. The molecule has 0 unspecified atom stereocenters. The molecule has 2 aromatic rings. The molecule has 5 nitrogen and oxygen atoms in total. The Hall–Kier alpha value is -2.56. The Balaban J connectivity index is 2.69. The Labute approximate surface area is 122 Å². The number of carboxylic acids is 1. The van der Waals surface area contributed by atoms with Crippen LogP contribution >= 0.6 is 0 Å². The van der Waals surface area contributed by atoms with Crippen LogP contribution in [0.4, 0.5) is 0 Å². The number of hydrogen-bond acceptors (Lipinski definition) is 3. The van der Waals surface area contributed by atoms with E-state index in [1.54, 1.807) is 38.1 Å². The van der Waals surface area contributed by atoms with Crippen molar-refractivity contribution >= 4 is 5.97 Å². The van der Waals surface area contributed by atoms with Crippen LogP contribution in [0.1, 0.15) is 28.5 Å². The van der Waals surface area contributed by atoms with Crippen molar-refractivity contribution in [2.24, 2.45) is 0 Å². The third-order valence-corrected chi connectivity index (χ3v) is 3.25. The molecule has 1 aromatic carbocycles. The maximum atomic E-state index is 12.2. The molecule has 0 bridgehead atoms. The molecular formula is C16H17NO4. The van der Waals surface area contributed by atoms with Crippen LogP contribution in [0.25, 0.3) is 5.69 Å². The molecule has 110 valence electrons. The molecule has 0 aliphatic heterocycles. The molecule has 0 aliphatic rings. The van der Waals surface area contributed by atoms with Gasteiger partial charge >= 0.3 is 5.97 Å². The Morgan fingerprint density at radius 1 is 1.29 bits per heavy atom. The van der Waals surface area contributed by atoms with Crippen molar-refractivity contribution in [2.75, 3.05) is 6.61 Å². The van der Waals surface area contributed by atoms with E-state index < -0.39 is 5.97 Å². The molecule has 5 heteroatoms. The highest BCUT2D eigenvalue weighted by atomic mass is 16.5. The van der Waals surface area contributed by atoms with Gasteiger partial charge in [-0.15, -0.1) is 0 Å². The highest BCUT2D eigenvalue weighted by molar-refractivity contribution is 5.90. The number of aromatic carboxylic acids is 1. The zero-order chi connectivity index (χ0) is 15.6. The first-order valence-corrected chi connectivity index (χ1v) is 6.65. The van der Waals surface area contributed by atoms with Gasteiger partial charge in [-0.3, -0.25) is 9.36 Å². The Morgan fingerprint density at radius 3 is 2.62 bits per heavy atom. The molecule has 1 heterocycles. The molecule has 0 amide bonds. The van der Waals surface area contributed by atoms with E-state index >= 15 is 0 Å². The summed E-state index contributed by atoms with van der Waals surface area (Å²) in [5.74, 6) is -0.404. The van der Waals surface area contributed by atoms with E-state index in [9.17, 15) is 14.7 Å². The fraction of sp³-hybridized carbons (Fsp3) is 0.250. The predicted molar refractivity (Wildman–Crippen MR) is 79.6 cm³/mol. The number of nitrogens with zero attached hydrogens (tertiary/aromatic N) is 1. The van der Waals surface area contributed by atoms with Crippen LogP contribution in [0, 0.1) is 13.8 Å². The number of aromatic nitrogens is 1. The van der Waals surface area contributed by atoms with Crippen LogP contribution in [0.5, 0.6) is 5.75 Å². The first kappa shape index (κ1) is 14.8. The van der Waals surface area contributed by atoms with Crippen molar-refractivity contribution in [2.45, 2.75) is 20.8 Å². The summed E-state index contributed by atoms with van der Waals surface area (Å²) in [7, 11) is 0. The van der Waals surface area contributed by atoms with E-state index in [1.807, 2.05) is 6.92 Å². The van der Waals surface area contributed by atoms with E-state index in [0.717, 1.165) is 0 Å². The van der Waals surface area contributed by atoms with Gasteiger partial charge in [-0.1, -0.05) is 6.07 Å². The van der Waals surface area contributed by atoms with Crippen LogP contribution < -0.4 is 10.3 Å². The van der Waals surface area contributed by atoms with Crippen molar-refractivity contribution in [3.05, 3.63) is 57.5 Å². The van der Waals surface area contributed by atoms with Crippen molar-refractivity contribution in [3.63, 3.8) is 0 Å². The standard InChI is InChI=1S/C16H17NO4/c1-4-21-13-7-5-6-12(9-13)17-11(3)15(16(19)20)10(2)8-14(17)18/h5-9H,4H2,1-3H3,(H,19,20). The smallest absolute Gasteiger partial charge is 0.337 e. The number of aryl methyl sites for hydroxylation is 1. The molecule has 21 heavy (non-hydrogen) atoms. The van der Waals surface area contributed by atoms with E-state index in [-0.39, 0.29) is 11.1 Å². The lowest BCUT2D eigenvalue weighted by Crippen LogP contribution is -2.24. The number of benzene rings is 1. The van der Waals surface area contributed by atoms with Crippen LogP contribution in [-0.2, 0) is 0 Å². The molecule has 1 aromatic heterocycles. The monoisotopic (exact) mass is 287 g/mol. The summed E-state index contributed by atoms with van der Waals surface area (Å²) in [5, 5.41) is 9.31. The summed E-state index contributed by atoms with van der Waals surface area (Å²) in [6.07, 6.45) is 0. The van der Waals surface area contributed by atoms with Crippen molar-refractivity contribution in [1.29, 1.82) is 0 Å². The van der Waals surface area contributed by atoms with Gasteiger partial charge in [0, 0.05) is 17.8 Å². The third kappa shape index (κ3) is 2.81. The van der Waals surface area contributed by atoms with Crippen LogP contribution in [0.15, 0.2) is 35.1 Å². The number of ether oxygens (including phenoxy) is 1. The van der Waals surface area contributed by atoms with E-state index in [0.29, 0.717) is 29.3 Å². The minimum absolute atomic E-state index is 0.149. The minimum Gasteiger partial charge on any atom is -0.494 e. The largest absolute Gasteiger partial charge is 0.494 e. The van der Waals surface area contributed by atoms with E-state index in [2.05, 4.69) is 0 Å². The fourth-order valence-corrected chi connectivity index (χ4v) is 2.41. The molecule has 0 spiro atoms. The van der Waals surface area contributed by atoms with Gasteiger partial charge in [0.2, 0.25) is 0 Å². The summed E-state index contributed by atoms with van der Waals surface area (Å²) >= 11 is 0. The van der Waals surface area contributed by atoms with Gasteiger partial charge < -0.3 is 9.84 Å². The molecule has 0 atom stereocenters. The second-order valence-corrected chi connectivity index (χ2v) is 4.70. The van der Waals surface area contributed by atoms with Gasteiger partial charge in [0.15, 0.2) is 0 Å². The minimum atomic E-state index is -1.04. The van der Waals surface area contributed by atoms with Crippen LogP contribution in [-0.4, -0.2) is 22.2 Å². The van der Waals surface area contributed by atoms with Gasteiger partial charge in [0.05, 0.1) is 17.9 Å². The third-order valence-electron chi connectivity index (χ3n) is 3.25. The maximum absolute atomic E-state index is 12.2. The van der Waals surface area contributed by atoms with Crippen molar-refractivity contribution < 1.29 is 14.6 Å². The highest BCUT2D eigenvalue weighted by Crippen LogP contribution is 2.19. The molecule has 0 fully saturated rings. The predicted octanol–water partition coefficient (Wildman–Crippen LogP) is 2.55. The lowest BCUT2D eigenvalue weighted by molar-refractivity contribution is 0.0694. The van der Waals surface area contributed by atoms with Gasteiger partial charge in [-0.2, -0.15) is 0 Å². The molecule has 0 radical (unpaired) electrons. The lowest BCUT2D eigenvalue weighted by Gasteiger charge is -2.15. The topological polar surface area (TPSA) is 68.5 Å². The van der Waals surface area contributed by atoms with Gasteiger partial charge in [-0.25, -0.2) is 4.79 Å². The number of carbonyl (C=O) groups is 1. The van der Waals surface area contributed by atoms with E-state index in [1.165, 1.54) is 10.6 Å². The lowest BCUT2D eigenvalue weighted by atomic mass is 10.1. The maximum Gasteiger partial charge on any atom is 0.337 e. The number of carboxylic acid groups (broad SMARTS) is 1. The Morgan fingerprint density at radius 2 is 2.00 bits per heavy atom. The summed E-state index contributed by atoms with van der Waals surface area (Å²) in [5.41, 5.74) is 1.34. The summed E-state index contributed by atoms with van der Waals surface area (Å²) in [4.78, 5) is 23.6. The molecule has 0 saturated heterocycles. The van der Waals surface area contributed by atoms with E-state index in [4.69, 9.17) is 4.74 Å². The van der Waals surface area contributed by atoms with Crippen LogP contribution in [0.2, 0.25) is 0 Å².